The van der Waals surface area contributed by atoms with Crippen LogP contribution in [0.1, 0.15) is 26.7 Å². The number of carbonyl (C=O) groups is 1. The first-order valence-corrected chi connectivity index (χ1v) is 5.29. The first-order valence-electron chi connectivity index (χ1n) is 5.29. The van der Waals surface area contributed by atoms with E-state index in [4.69, 9.17) is 5.73 Å². The van der Waals surface area contributed by atoms with Crippen LogP contribution in [0.5, 0.6) is 0 Å². The molecular weight excluding hydrogens is 178 g/mol. The molecule has 1 aliphatic rings. The molecule has 0 saturated carbocycles. The van der Waals surface area contributed by atoms with Gasteiger partial charge in [-0.1, -0.05) is 6.92 Å². The van der Waals surface area contributed by atoms with Crippen molar-refractivity contribution in [2.45, 2.75) is 32.7 Å². The summed E-state index contributed by atoms with van der Waals surface area (Å²) in [7, 11) is 0. The van der Waals surface area contributed by atoms with E-state index in [-0.39, 0.29) is 17.4 Å². The van der Waals surface area contributed by atoms with Gasteiger partial charge in [0.25, 0.3) is 0 Å². The highest BCUT2D eigenvalue weighted by Crippen LogP contribution is 2.27. The topological polar surface area (TPSA) is 67.1 Å². The van der Waals surface area contributed by atoms with Gasteiger partial charge < -0.3 is 16.4 Å². The van der Waals surface area contributed by atoms with E-state index < -0.39 is 0 Å². The molecule has 1 atom stereocenters. The summed E-state index contributed by atoms with van der Waals surface area (Å²) in [5.74, 6) is 0.149. The Morgan fingerprint density at radius 1 is 1.57 bits per heavy atom. The molecule has 0 aromatic heterocycles. The average Bonchev–Trinajstić information content (AvgIpc) is 2.15. The summed E-state index contributed by atoms with van der Waals surface area (Å²) in [6, 6.07) is 0.0317. The number of hydrogen-bond acceptors (Lipinski definition) is 3. The molecule has 0 aromatic carbocycles. The molecule has 1 unspecified atom stereocenters. The molecule has 4 heteroatoms. The highest BCUT2D eigenvalue weighted by molar-refractivity contribution is 5.82. The summed E-state index contributed by atoms with van der Waals surface area (Å²) in [6.07, 6.45) is 1.83. The van der Waals surface area contributed by atoms with E-state index >= 15 is 0 Å². The summed E-state index contributed by atoms with van der Waals surface area (Å²) in [4.78, 5) is 11.8. The molecule has 0 bridgehead atoms. The molecule has 0 spiro atoms. The largest absolute Gasteiger partial charge is 0.354 e. The summed E-state index contributed by atoms with van der Waals surface area (Å²) in [5.41, 5.74) is 5.39. The zero-order valence-corrected chi connectivity index (χ0v) is 9.10. The minimum Gasteiger partial charge on any atom is -0.354 e. The van der Waals surface area contributed by atoms with E-state index in [0.29, 0.717) is 6.54 Å². The van der Waals surface area contributed by atoms with Crippen LogP contribution < -0.4 is 16.4 Å². The van der Waals surface area contributed by atoms with E-state index in [1.807, 2.05) is 13.8 Å². The van der Waals surface area contributed by atoms with E-state index in [0.717, 1.165) is 25.9 Å². The van der Waals surface area contributed by atoms with E-state index in [1.165, 1.54) is 0 Å². The quantitative estimate of drug-likeness (QED) is 0.591. The molecule has 1 aliphatic heterocycles. The maximum atomic E-state index is 11.8. The van der Waals surface area contributed by atoms with Crippen LogP contribution in [0.3, 0.4) is 0 Å². The van der Waals surface area contributed by atoms with Gasteiger partial charge in [0.2, 0.25) is 5.91 Å². The molecule has 4 nitrogen and oxygen atoms in total. The zero-order chi connectivity index (χ0) is 10.6. The van der Waals surface area contributed by atoms with Gasteiger partial charge in [0.15, 0.2) is 0 Å². The van der Waals surface area contributed by atoms with Gasteiger partial charge in [0.1, 0.15) is 0 Å². The third-order valence-electron chi connectivity index (χ3n) is 2.84. The third-order valence-corrected chi connectivity index (χ3v) is 2.84. The molecule has 1 amide bonds. The van der Waals surface area contributed by atoms with E-state index in [1.54, 1.807) is 0 Å². The van der Waals surface area contributed by atoms with Gasteiger partial charge in [-0.25, -0.2) is 0 Å². The molecule has 1 heterocycles. The molecule has 0 aromatic rings. The van der Waals surface area contributed by atoms with Crippen molar-refractivity contribution in [3.63, 3.8) is 0 Å². The Balaban J connectivity index is 2.41. The average molecular weight is 199 g/mol. The van der Waals surface area contributed by atoms with Crippen LogP contribution in [0.4, 0.5) is 0 Å². The van der Waals surface area contributed by atoms with Gasteiger partial charge in [0, 0.05) is 18.0 Å². The maximum Gasteiger partial charge on any atom is 0.226 e. The van der Waals surface area contributed by atoms with Crippen molar-refractivity contribution in [3.05, 3.63) is 0 Å². The van der Waals surface area contributed by atoms with Crippen molar-refractivity contribution in [1.82, 2.24) is 10.6 Å². The van der Waals surface area contributed by atoms with Crippen LogP contribution in [0, 0.1) is 5.41 Å². The van der Waals surface area contributed by atoms with Crippen molar-refractivity contribution in [2.75, 3.05) is 19.6 Å². The third kappa shape index (κ3) is 2.96. The van der Waals surface area contributed by atoms with Crippen LogP contribution in [0.2, 0.25) is 0 Å². The molecule has 4 N–H and O–H groups in total. The number of carbonyl (C=O) groups excluding carboxylic acids is 1. The lowest BCUT2D eigenvalue weighted by molar-refractivity contribution is -0.131. The first-order chi connectivity index (χ1) is 6.54. The monoisotopic (exact) mass is 199 g/mol. The van der Waals surface area contributed by atoms with Crippen LogP contribution >= 0.6 is 0 Å². The van der Waals surface area contributed by atoms with Crippen LogP contribution in [0.15, 0.2) is 0 Å². The number of nitrogens with one attached hydrogen (secondary N) is 2. The summed E-state index contributed by atoms with van der Waals surface area (Å²) < 4.78 is 0. The molecule has 1 saturated heterocycles. The lowest BCUT2D eigenvalue weighted by Gasteiger charge is -2.32. The van der Waals surface area contributed by atoms with Gasteiger partial charge >= 0.3 is 0 Å². The number of hydrogen-bond donors (Lipinski definition) is 3. The molecule has 82 valence electrons. The Bertz CT molecular complexity index is 198. The van der Waals surface area contributed by atoms with Gasteiger partial charge in [-0.05, 0) is 32.9 Å². The van der Waals surface area contributed by atoms with Crippen molar-refractivity contribution >= 4 is 5.91 Å². The summed E-state index contributed by atoms with van der Waals surface area (Å²) >= 11 is 0. The van der Waals surface area contributed by atoms with E-state index in [2.05, 4.69) is 10.6 Å². The molecular formula is C10H21N3O. The molecule has 0 radical (unpaired) electrons. The Kier molecular flexibility index (Phi) is 3.89. The number of amides is 1. The Hall–Kier alpha value is -0.610. The van der Waals surface area contributed by atoms with Crippen LogP contribution in [0.25, 0.3) is 0 Å². The van der Waals surface area contributed by atoms with Crippen molar-refractivity contribution < 1.29 is 4.79 Å². The van der Waals surface area contributed by atoms with Gasteiger partial charge in [0.05, 0.1) is 0 Å². The first kappa shape index (κ1) is 11.5. The second-order valence-corrected chi connectivity index (χ2v) is 4.50. The molecule has 1 fully saturated rings. The number of piperidine rings is 1. The zero-order valence-electron chi connectivity index (χ0n) is 9.10. The van der Waals surface area contributed by atoms with E-state index in [9.17, 15) is 4.79 Å². The number of nitrogens with two attached hydrogens (primary N) is 1. The van der Waals surface area contributed by atoms with Gasteiger partial charge in [-0.3, -0.25) is 4.79 Å². The maximum absolute atomic E-state index is 11.8. The lowest BCUT2D eigenvalue weighted by Crippen LogP contribution is -2.48. The SMILES string of the molecule is CC(N)CNC(=O)C1(C)CCNCC1. The van der Waals surface area contributed by atoms with Crippen molar-refractivity contribution in [2.24, 2.45) is 11.1 Å². The molecule has 14 heavy (non-hydrogen) atoms. The predicted molar refractivity (Wildman–Crippen MR) is 56.9 cm³/mol. The van der Waals surface area contributed by atoms with Gasteiger partial charge in [-0.15, -0.1) is 0 Å². The second-order valence-electron chi connectivity index (χ2n) is 4.50. The van der Waals surface area contributed by atoms with Crippen molar-refractivity contribution in [1.29, 1.82) is 0 Å². The smallest absolute Gasteiger partial charge is 0.226 e. The highest BCUT2D eigenvalue weighted by Gasteiger charge is 2.34. The molecule has 0 aliphatic carbocycles. The van der Waals surface area contributed by atoms with Crippen LogP contribution in [-0.4, -0.2) is 31.6 Å². The minimum absolute atomic E-state index is 0.0317. The minimum atomic E-state index is -0.194. The predicted octanol–water partition coefficient (Wildman–Crippen LogP) is -0.160. The standard InChI is InChI=1S/C10H21N3O/c1-8(11)7-13-9(14)10(2)3-5-12-6-4-10/h8,12H,3-7,11H2,1-2H3,(H,13,14). The fourth-order valence-electron chi connectivity index (χ4n) is 1.67. The Morgan fingerprint density at radius 2 is 2.14 bits per heavy atom. The Labute approximate surface area is 85.6 Å². The second kappa shape index (κ2) is 4.75. The fourth-order valence-corrected chi connectivity index (χ4v) is 1.67. The summed E-state index contributed by atoms with van der Waals surface area (Å²) in [5, 5.41) is 6.16. The highest BCUT2D eigenvalue weighted by atomic mass is 16.2. The van der Waals surface area contributed by atoms with Crippen molar-refractivity contribution in [3.8, 4) is 0 Å². The summed E-state index contributed by atoms with van der Waals surface area (Å²) in [6.45, 7) is 6.36. The lowest BCUT2D eigenvalue weighted by atomic mass is 9.80. The number of rotatable bonds is 3. The fraction of sp³-hybridized carbons (Fsp3) is 0.900. The Morgan fingerprint density at radius 3 is 2.64 bits per heavy atom. The normalized spacial score (nSPS) is 22.8. The van der Waals surface area contributed by atoms with Gasteiger partial charge in [-0.2, -0.15) is 0 Å². The molecule has 1 rings (SSSR count). The van der Waals surface area contributed by atoms with Crippen LogP contribution in [-0.2, 0) is 4.79 Å².